The zero-order valence-corrected chi connectivity index (χ0v) is 18.5. The second-order valence-electron chi connectivity index (χ2n) is 7.34. The van der Waals surface area contributed by atoms with Gasteiger partial charge in [-0.3, -0.25) is 9.59 Å². The minimum absolute atomic E-state index is 0.0312. The average molecular weight is 447 g/mol. The molecule has 0 spiro atoms. The van der Waals surface area contributed by atoms with Crippen LogP contribution in [0.1, 0.15) is 23.2 Å². The summed E-state index contributed by atoms with van der Waals surface area (Å²) >= 11 is 0. The Balaban J connectivity index is 1.71. The predicted molar refractivity (Wildman–Crippen MR) is 118 cm³/mol. The molecule has 0 atom stereocenters. The van der Waals surface area contributed by atoms with Crippen LogP contribution in [-0.2, 0) is 14.8 Å². The van der Waals surface area contributed by atoms with Crippen molar-refractivity contribution in [2.24, 2.45) is 0 Å². The molecule has 3 rings (SSSR count). The summed E-state index contributed by atoms with van der Waals surface area (Å²) in [7, 11) is 0.618. The molecule has 0 aliphatic heterocycles. The van der Waals surface area contributed by atoms with Crippen molar-refractivity contribution in [3.63, 3.8) is 0 Å². The molecule has 2 aromatic rings. The number of anilines is 2. The molecule has 0 unspecified atom stereocenters. The Morgan fingerprint density at radius 1 is 1.10 bits per heavy atom. The Bertz CT molecular complexity index is 1080. The Labute approximate surface area is 181 Å². The number of sulfonamides is 1. The van der Waals surface area contributed by atoms with Crippen LogP contribution in [0.5, 0.6) is 5.75 Å². The van der Waals surface area contributed by atoms with Crippen LogP contribution in [0.2, 0.25) is 0 Å². The molecular formula is C21H26N4O5S. The second kappa shape index (κ2) is 9.36. The number of hydrogen-bond acceptors (Lipinski definition) is 6. The Kier molecular flexibility index (Phi) is 6.81. The summed E-state index contributed by atoms with van der Waals surface area (Å²) in [5, 5.41) is 8.56. The smallest absolute Gasteiger partial charge is 0.253 e. The molecular weight excluding hydrogens is 420 g/mol. The first kappa shape index (κ1) is 22.6. The lowest BCUT2D eigenvalue weighted by atomic mass is 10.1. The third kappa shape index (κ3) is 5.53. The van der Waals surface area contributed by atoms with Gasteiger partial charge in [-0.2, -0.15) is 0 Å². The van der Waals surface area contributed by atoms with Gasteiger partial charge in [-0.15, -0.1) is 0 Å². The van der Waals surface area contributed by atoms with Gasteiger partial charge in [0.2, 0.25) is 15.9 Å². The summed E-state index contributed by atoms with van der Waals surface area (Å²) in [6, 6.07) is 11.4. The molecule has 31 heavy (non-hydrogen) atoms. The number of methoxy groups -OCH3 is 1. The van der Waals surface area contributed by atoms with Gasteiger partial charge in [0.15, 0.2) is 0 Å². The summed E-state index contributed by atoms with van der Waals surface area (Å²) < 4.78 is 31.1. The van der Waals surface area contributed by atoms with E-state index in [1.165, 1.54) is 39.4 Å². The van der Waals surface area contributed by atoms with E-state index in [4.69, 9.17) is 4.74 Å². The van der Waals surface area contributed by atoms with Crippen molar-refractivity contribution in [1.82, 2.24) is 9.62 Å². The van der Waals surface area contributed by atoms with Crippen LogP contribution >= 0.6 is 0 Å². The maximum Gasteiger partial charge on any atom is 0.253 e. The average Bonchev–Trinajstić information content (AvgIpc) is 3.56. The van der Waals surface area contributed by atoms with E-state index in [1.54, 1.807) is 24.3 Å². The summed E-state index contributed by atoms with van der Waals surface area (Å²) in [6.45, 7) is -0.123. The normalized spacial score (nSPS) is 13.5. The summed E-state index contributed by atoms with van der Waals surface area (Å²) in [5.74, 6) is -0.278. The molecule has 1 aliphatic rings. The van der Waals surface area contributed by atoms with Crippen LogP contribution in [0.15, 0.2) is 47.4 Å². The van der Waals surface area contributed by atoms with Crippen molar-refractivity contribution in [1.29, 1.82) is 0 Å². The second-order valence-corrected chi connectivity index (χ2v) is 9.50. The molecule has 0 bridgehead atoms. The van der Waals surface area contributed by atoms with Crippen LogP contribution < -0.4 is 20.7 Å². The first-order valence-corrected chi connectivity index (χ1v) is 11.2. The molecule has 0 saturated heterocycles. The van der Waals surface area contributed by atoms with E-state index >= 15 is 0 Å². The molecule has 1 saturated carbocycles. The van der Waals surface area contributed by atoms with E-state index in [9.17, 15) is 18.0 Å². The predicted octanol–water partition coefficient (Wildman–Crippen LogP) is 1.89. The Morgan fingerprint density at radius 2 is 1.81 bits per heavy atom. The summed E-state index contributed by atoms with van der Waals surface area (Å²) in [4.78, 5) is 25.0. The van der Waals surface area contributed by atoms with Crippen LogP contribution in [0.4, 0.5) is 11.4 Å². The fourth-order valence-corrected chi connectivity index (χ4v) is 3.78. The van der Waals surface area contributed by atoms with E-state index in [2.05, 4.69) is 16.0 Å². The number of hydrogen-bond donors (Lipinski definition) is 3. The lowest BCUT2D eigenvalue weighted by Crippen LogP contribution is -2.28. The summed E-state index contributed by atoms with van der Waals surface area (Å²) in [6.07, 6.45) is 1.96. The van der Waals surface area contributed by atoms with Crippen LogP contribution in [0, 0.1) is 0 Å². The maximum absolute atomic E-state index is 12.5. The molecule has 0 aromatic heterocycles. The number of benzene rings is 2. The molecule has 1 aliphatic carbocycles. The van der Waals surface area contributed by atoms with Crippen LogP contribution in [-0.4, -0.2) is 58.3 Å². The molecule has 10 heteroatoms. The zero-order valence-electron chi connectivity index (χ0n) is 17.6. The van der Waals surface area contributed by atoms with E-state index in [0.717, 1.165) is 17.1 Å². The third-order valence-electron chi connectivity index (χ3n) is 4.75. The number of rotatable bonds is 9. The molecule has 2 amide bonds. The van der Waals surface area contributed by atoms with Crippen molar-refractivity contribution >= 4 is 33.2 Å². The number of para-hydroxylation sites is 1. The van der Waals surface area contributed by atoms with Gasteiger partial charge < -0.3 is 20.7 Å². The lowest BCUT2D eigenvalue weighted by molar-refractivity contribution is -0.114. The van der Waals surface area contributed by atoms with Crippen molar-refractivity contribution < 1.29 is 22.7 Å². The first-order chi connectivity index (χ1) is 14.7. The number of amides is 2. The van der Waals surface area contributed by atoms with Crippen LogP contribution in [0.3, 0.4) is 0 Å². The molecule has 3 N–H and O–H groups in total. The van der Waals surface area contributed by atoms with Crippen LogP contribution in [0.25, 0.3) is 0 Å². The van der Waals surface area contributed by atoms with Crippen molar-refractivity contribution in [2.75, 3.05) is 38.4 Å². The highest BCUT2D eigenvalue weighted by atomic mass is 32.2. The molecule has 166 valence electrons. The van der Waals surface area contributed by atoms with E-state index in [-0.39, 0.29) is 29.1 Å². The summed E-state index contributed by atoms with van der Waals surface area (Å²) in [5.41, 5.74) is 1.22. The molecule has 9 nitrogen and oxygen atoms in total. The van der Waals surface area contributed by atoms with Gasteiger partial charge in [-0.05, 0) is 43.2 Å². The minimum atomic E-state index is -3.67. The van der Waals surface area contributed by atoms with Gasteiger partial charge in [-0.25, -0.2) is 12.7 Å². The lowest BCUT2D eigenvalue weighted by Gasteiger charge is -2.16. The number of ether oxygens (including phenoxy) is 1. The van der Waals surface area contributed by atoms with Gasteiger partial charge >= 0.3 is 0 Å². The quantitative estimate of drug-likeness (QED) is 0.542. The monoisotopic (exact) mass is 446 g/mol. The highest BCUT2D eigenvalue weighted by Crippen LogP contribution is 2.28. The first-order valence-electron chi connectivity index (χ1n) is 9.76. The fourth-order valence-electron chi connectivity index (χ4n) is 2.85. The Morgan fingerprint density at radius 3 is 2.45 bits per heavy atom. The van der Waals surface area contributed by atoms with Crippen molar-refractivity contribution in [3.8, 4) is 5.75 Å². The van der Waals surface area contributed by atoms with Gasteiger partial charge in [0.25, 0.3) is 5.91 Å². The number of nitrogens with zero attached hydrogens (tertiary/aromatic N) is 1. The van der Waals surface area contributed by atoms with E-state index < -0.39 is 15.9 Å². The third-order valence-corrected chi connectivity index (χ3v) is 6.56. The van der Waals surface area contributed by atoms with Gasteiger partial charge in [0.1, 0.15) is 5.75 Å². The van der Waals surface area contributed by atoms with E-state index in [1.807, 2.05) is 0 Å². The van der Waals surface area contributed by atoms with Crippen molar-refractivity contribution in [2.45, 2.75) is 23.8 Å². The van der Waals surface area contributed by atoms with Gasteiger partial charge in [0, 0.05) is 25.8 Å². The highest BCUT2D eigenvalue weighted by molar-refractivity contribution is 7.89. The molecule has 2 aromatic carbocycles. The van der Waals surface area contributed by atoms with Crippen molar-refractivity contribution in [3.05, 3.63) is 48.0 Å². The fraction of sp³-hybridized carbons (Fsp3) is 0.333. The van der Waals surface area contributed by atoms with E-state index in [0.29, 0.717) is 17.0 Å². The standard InChI is InChI=1S/C21H26N4O5S/c1-25(2)31(28,29)15-10-11-19(30-3)18(12-15)24-20(26)13-22-17-7-5-4-6-16(17)21(27)23-14-8-9-14/h4-7,10-12,14,22H,8-9,13H2,1-3H3,(H,23,27)(H,24,26). The van der Waals surface area contributed by atoms with Gasteiger partial charge in [0.05, 0.1) is 29.8 Å². The number of carbonyl (C=O) groups excluding carboxylic acids is 2. The highest BCUT2D eigenvalue weighted by Gasteiger charge is 2.25. The molecule has 0 heterocycles. The maximum atomic E-state index is 12.5. The largest absolute Gasteiger partial charge is 0.495 e. The van der Waals surface area contributed by atoms with Gasteiger partial charge in [-0.1, -0.05) is 12.1 Å². The number of nitrogens with one attached hydrogen (secondary N) is 3. The molecule has 0 radical (unpaired) electrons. The Hall–Kier alpha value is -3.11. The minimum Gasteiger partial charge on any atom is -0.495 e. The zero-order chi connectivity index (χ0) is 22.6. The number of carbonyl (C=O) groups is 2. The molecule has 1 fully saturated rings. The SMILES string of the molecule is COc1ccc(S(=O)(=O)N(C)C)cc1NC(=O)CNc1ccccc1C(=O)NC1CC1. The topological polar surface area (TPSA) is 117 Å².